The van der Waals surface area contributed by atoms with Crippen molar-refractivity contribution in [3.8, 4) is 34.2 Å². The summed E-state index contributed by atoms with van der Waals surface area (Å²) in [7, 11) is 0. The first-order chi connectivity index (χ1) is 27.2. The molecule has 0 radical (unpaired) electrons. The molecule has 12 rings (SSSR count). The molecule has 0 fully saturated rings. The molecule has 0 spiro atoms. The summed E-state index contributed by atoms with van der Waals surface area (Å²) in [6.45, 7) is 0. The van der Waals surface area contributed by atoms with Gasteiger partial charge in [-0.05, 0) is 89.6 Å². The van der Waals surface area contributed by atoms with Crippen LogP contribution in [0, 0.1) is 0 Å². The van der Waals surface area contributed by atoms with E-state index in [9.17, 15) is 0 Å². The third kappa shape index (κ3) is 4.55. The van der Waals surface area contributed by atoms with Crippen LogP contribution in [0.2, 0.25) is 0 Å². The molecule has 0 saturated heterocycles. The third-order valence-corrected chi connectivity index (χ3v) is 11.2. The molecule has 4 heteroatoms. The number of furan rings is 1. The molecule has 0 atom stereocenters. The van der Waals surface area contributed by atoms with Crippen LogP contribution < -0.4 is 0 Å². The van der Waals surface area contributed by atoms with Gasteiger partial charge in [0.05, 0.1) is 0 Å². The van der Waals surface area contributed by atoms with Crippen LogP contribution in [0.4, 0.5) is 0 Å². The van der Waals surface area contributed by atoms with Gasteiger partial charge in [0.2, 0.25) is 0 Å². The van der Waals surface area contributed by atoms with Gasteiger partial charge in [0.15, 0.2) is 17.5 Å². The highest BCUT2D eigenvalue weighted by Gasteiger charge is 2.21. The molecule has 0 aliphatic carbocycles. The Morgan fingerprint density at radius 1 is 0.291 bits per heavy atom. The second kappa shape index (κ2) is 11.5. The van der Waals surface area contributed by atoms with E-state index < -0.39 is 0 Å². The zero-order chi connectivity index (χ0) is 36.0. The van der Waals surface area contributed by atoms with Crippen LogP contribution in [0.25, 0.3) is 121 Å². The predicted molar refractivity (Wildman–Crippen MR) is 228 cm³/mol. The number of hydrogen-bond acceptors (Lipinski definition) is 4. The van der Waals surface area contributed by atoms with Crippen molar-refractivity contribution in [2.75, 3.05) is 0 Å². The summed E-state index contributed by atoms with van der Waals surface area (Å²) in [5, 5.41) is 16.0. The van der Waals surface area contributed by atoms with Crippen LogP contribution in [-0.4, -0.2) is 15.0 Å². The maximum Gasteiger partial charge on any atom is 0.164 e. The van der Waals surface area contributed by atoms with E-state index in [2.05, 4.69) is 176 Å². The quantitative estimate of drug-likeness (QED) is 0.172. The molecule has 4 nitrogen and oxygen atoms in total. The second-order valence-corrected chi connectivity index (χ2v) is 14.3. The Morgan fingerprint density at radius 2 is 0.800 bits per heavy atom. The van der Waals surface area contributed by atoms with E-state index in [-0.39, 0.29) is 0 Å². The summed E-state index contributed by atoms with van der Waals surface area (Å²) < 4.78 is 6.53. The van der Waals surface area contributed by atoms with Gasteiger partial charge in [-0.15, -0.1) is 0 Å². The molecule has 0 amide bonds. The van der Waals surface area contributed by atoms with E-state index in [1.807, 2.05) is 0 Å². The molecule has 2 heterocycles. The van der Waals surface area contributed by atoms with Gasteiger partial charge in [-0.25, -0.2) is 15.0 Å². The van der Waals surface area contributed by atoms with Gasteiger partial charge < -0.3 is 4.42 Å². The van der Waals surface area contributed by atoms with Crippen LogP contribution in [0.3, 0.4) is 0 Å². The first-order valence-electron chi connectivity index (χ1n) is 18.6. The van der Waals surface area contributed by atoms with E-state index in [1.165, 1.54) is 26.9 Å². The average molecular weight is 700 g/mol. The predicted octanol–water partition coefficient (Wildman–Crippen LogP) is 13.7. The number of aromatic nitrogens is 3. The lowest BCUT2D eigenvalue weighted by Gasteiger charge is -2.15. The van der Waals surface area contributed by atoms with Crippen molar-refractivity contribution in [3.05, 3.63) is 176 Å². The molecule has 10 aromatic carbocycles. The van der Waals surface area contributed by atoms with Crippen molar-refractivity contribution in [2.45, 2.75) is 0 Å². The Hall–Kier alpha value is -7.43. The van der Waals surface area contributed by atoms with Crippen molar-refractivity contribution in [1.29, 1.82) is 0 Å². The minimum Gasteiger partial charge on any atom is -0.456 e. The van der Waals surface area contributed by atoms with Crippen molar-refractivity contribution < 1.29 is 4.42 Å². The van der Waals surface area contributed by atoms with E-state index >= 15 is 0 Å². The van der Waals surface area contributed by atoms with E-state index in [0.29, 0.717) is 17.5 Å². The normalized spacial score (nSPS) is 12.0. The van der Waals surface area contributed by atoms with Crippen molar-refractivity contribution in [3.63, 3.8) is 0 Å². The Bertz CT molecular complexity index is 3560. The van der Waals surface area contributed by atoms with Crippen LogP contribution in [-0.2, 0) is 0 Å². The molecule has 0 bridgehead atoms. The van der Waals surface area contributed by atoms with Gasteiger partial charge in [0.25, 0.3) is 0 Å². The molecule has 254 valence electrons. The second-order valence-electron chi connectivity index (χ2n) is 14.3. The highest BCUT2D eigenvalue weighted by Crippen LogP contribution is 2.44. The fourth-order valence-electron chi connectivity index (χ4n) is 8.72. The molecular weight excluding hydrogens is 671 g/mol. The monoisotopic (exact) mass is 699 g/mol. The van der Waals surface area contributed by atoms with Crippen LogP contribution in [0.1, 0.15) is 0 Å². The van der Waals surface area contributed by atoms with Crippen LogP contribution >= 0.6 is 0 Å². The highest BCUT2D eigenvalue weighted by molar-refractivity contribution is 6.32. The molecule has 12 aromatic rings. The molecule has 55 heavy (non-hydrogen) atoms. The lowest BCUT2D eigenvalue weighted by atomic mass is 9.92. The summed E-state index contributed by atoms with van der Waals surface area (Å²) in [5.41, 5.74) is 4.64. The molecule has 0 N–H and O–H groups in total. The van der Waals surface area contributed by atoms with Crippen molar-refractivity contribution in [2.24, 2.45) is 0 Å². The van der Waals surface area contributed by atoms with Gasteiger partial charge in [0.1, 0.15) is 11.2 Å². The minimum absolute atomic E-state index is 0.631. The Labute approximate surface area is 315 Å². The number of rotatable bonds is 3. The largest absolute Gasteiger partial charge is 0.456 e. The SMILES string of the molecule is c1ccc2cc(-c3nc(-c4cc5ccccc5c5ccccc45)nc(-c4cc5ccc6oc7ccc8ccccc8c7c6c5c5ccccc45)n3)ccc2c1. The molecule has 0 unspecified atom stereocenters. The topological polar surface area (TPSA) is 51.8 Å². The number of fused-ring (bicyclic) bond motifs is 13. The fourth-order valence-corrected chi connectivity index (χ4v) is 8.72. The summed E-state index contributed by atoms with van der Waals surface area (Å²) in [6.07, 6.45) is 0. The third-order valence-electron chi connectivity index (χ3n) is 11.2. The highest BCUT2D eigenvalue weighted by atomic mass is 16.3. The van der Waals surface area contributed by atoms with Gasteiger partial charge in [0, 0.05) is 32.8 Å². The van der Waals surface area contributed by atoms with Crippen molar-refractivity contribution >= 4 is 86.6 Å². The minimum atomic E-state index is 0.631. The van der Waals surface area contributed by atoms with E-state index in [4.69, 9.17) is 19.4 Å². The number of hydrogen-bond donors (Lipinski definition) is 0. The van der Waals surface area contributed by atoms with Gasteiger partial charge in [-0.1, -0.05) is 146 Å². The molecule has 0 aliphatic heterocycles. The summed E-state index contributed by atoms with van der Waals surface area (Å²) >= 11 is 0. The zero-order valence-electron chi connectivity index (χ0n) is 29.5. The van der Waals surface area contributed by atoms with E-state index in [1.54, 1.807) is 0 Å². The molecular formula is C51H29N3O. The Balaban J connectivity index is 1.18. The van der Waals surface area contributed by atoms with Gasteiger partial charge >= 0.3 is 0 Å². The number of benzene rings is 10. The lowest BCUT2D eigenvalue weighted by Crippen LogP contribution is -2.01. The molecule has 0 aliphatic rings. The molecule has 2 aromatic heterocycles. The summed E-state index contributed by atoms with van der Waals surface area (Å²) in [6, 6.07) is 62.1. The maximum atomic E-state index is 6.53. The number of nitrogens with zero attached hydrogens (tertiary/aromatic N) is 3. The fraction of sp³-hybridized carbons (Fsp3) is 0. The van der Waals surface area contributed by atoms with Crippen LogP contribution in [0.5, 0.6) is 0 Å². The summed E-state index contributed by atoms with van der Waals surface area (Å²) in [4.78, 5) is 16.0. The summed E-state index contributed by atoms with van der Waals surface area (Å²) in [5.74, 6) is 1.91. The van der Waals surface area contributed by atoms with E-state index in [0.717, 1.165) is 76.3 Å². The Kier molecular flexibility index (Phi) is 6.31. The molecule has 0 saturated carbocycles. The maximum absolute atomic E-state index is 6.53. The Morgan fingerprint density at radius 3 is 1.56 bits per heavy atom. The lowest BCUT2D eigenvalue weighted by molar-refractivity contribution is 0.669. The smallest absolute Gasteiger partial charge is 0.164 e. The average Bonchev–Trinajstić information content (AvgIpc) is 3.65. The standard InChI is InChI=1S/C51H29N3O/c1-2-13-32-27-35(22-21-30(32)11-1)49-52-50(42-28-33-14-4-5-15-36(33)38-17-7-8-18-39(38)42)54-51(53-49)43-29-34-24-26-45-48(46(34)41-20-10-9-19-40(41)43)47-37-16-6-3-12-31(37)23-25-44(47)55-45/h1-29H. The first kappa shape index (κ1) is 30.1. The van der Waals surface area contributed by atoms with Crippen molar-refractivity contribution in [1.82, 2.24) is 15.0 Å². The van der Waals surface area contributed by atoms with Gasteiger partial charge in [-0.3, -0.25) is 0 Å². The van der Waals surface area contributed by atoms with Gasteiger partial charge in [-0.2, -0.15) is 0 Å². The first-order valence-corrected chi connectivity index (χ1v) is 18.6. The zero-order valence-corrected chi connectivity index (χ0v) is 29.5. The van der Waals surface area contributed by atoms with Crippen LogP contribution in [0.15, 0.2) is 180 Å².